The van der Waals surface area contributed by atoms with Gasteiger partial charge in [0.05, 0.1) is 30.1 Å². The van der Waals surface area contributed by atoms with Gasteiger partial charge in [0.15, 0.2) is 0 Å². The lowest BCUT2D eigenvalue weighted by atomic mass is 10.0. The molecule has 0 radical (unpaired) electrons. The van der Waals surface area contributed by atoms with Gasteiger partial charge in [-0.3, -0.25) is 4.31 Å². The second kappa shape index (κ2) is 10.9. The molecular formula is C29H33N3O5S. The summed E-state index contributed by atoms with van der Waals surface area (Å²) in [6.07, 6.45) is 2.21. The first-order valence-electron chi connectivity index (χ1n) is 12.6. The van der Waals surface area contributed by atoms with Gasteiger partial charge < -0.3 is 14.4 Å². The molecule has 200 valence electrons. The highest BCUT2D eigenvalue weighted by atomic mass is 32.2. The van der Waals surface area contributed by atoms with Crippen molar-refractivity contribution in [1.29, 1.82) is 5.26 Å². The van der Waals surface area contributed by atoms with E-state index in [-0.39, 0.29) is 18.7 Å². The topological polar surface area (TPSA) is 99.9 Å². The summed E-state index contributed by atoms with van der Waals surface area (Å²) in [4.78, 5) is 14.0. The van der Waals surface area contributed by atoms with E-state index in [1.54, 1.807) is 41.3 Å². The molecule has 1 fully saturated rings. The number of benzene rings is 3. The summed E-state index contributed by atoms with van der Waals surface area (Å²) in [5.41, 5.74) is 1.38. The van der Waals surface area contributed by atoms with Crippen LogP contribution >= 0.6 is 0 Å². The van der Waals surface area contributed by atoms with Gasteiger partial charge in [0, 0.05) is 25.9 Å². The fourth-order valence-electron chi connectivity index (χ4n) is 4.40. The van der Waals surface area contributed by atoms with Crippen LogP contribution < -0.4 is 9.04 Å². The number of rotatable bonds is 6. The molecule has 9 heteroatoms. The quantitative estimate of drug-likeness (QED) is 0.416. The van der Waals surface area contributed by atoms with E-state index in [0.717, 1.165) is 16.3 Å². The third kappa shape index (κ3) is 6.95. The van der Waals surface area contributed by atoms with Crippen LogP contribution in [0.2, 0.25) is 0 Å². The fourth-order valence-corrected chi connectivity index (χ4v) is 5.28. The van der Waals surface area contributed by atoms with Gasteiger partial charge in [0.2, 0.25) is 10.0 Å². The zero-order valence-electron chi connectivity index (χ0n) is 22.2. The fraction of sp³-hybridized carbons (Fsp3) is 0.379. The van der Waals surface area contributed by atoms with Crippen molar-refractivity contribution in [3.8, 4) is 11.8 Å². The summed E-state index contributed by atoms with van der Waals surface area (Å²) < 4.78 is 38.3. The van der Waals surface area contributed by atoms with Crippen molar-refractivity contribution in [2.75, 3.05) is 23.7 Å². The molecule has 1 amide bonds. The van der Waals surface area contributed by atoms with E-state index in [1.165, 1.54) is 10.6 Å². The van der Waals surface area contributed by atoms with E-state index in [9.17, 15) is 18.5 Å². The average Bonchev–Trinajstić information content (AvgIpc) is 2.86. The maximum Gasteiger partial charge on any atom is 0.410 e. The lowest BCUT2D eigenvalue weighted by Crippen LogP contribution is -2.44. The van der Waals surface area contributed by atoms with E-state index >= 15 is 0 Å². The Balaban J connectivity index is 1.42. The number of sulfonamides is 1. The molecule has 3 aromatic rings. The molecular weight excluding hydrogens is 502 g/mol. The van der Waals surface area contributed by atoms with E-state index in [4.69, 9.17) is 9.47 Å². The number of carbonyl (C=O) groups excluding carboxylic acids is 1. The molecule has 4 rings (SSSR count). The minimum Gasteiger partial charge on any atom is -0.490 e. The van der Waals surface area contributed by atoms with Crippen molar-refractivity contribution in [2.45, 2.75) is 51.9 Å². The van der Waals surface area contributed by atoms with Crippen molar-refractivity contribution in [2.24, 2.45) is 0 Å². The Bertz CT molecular complexity index is 1450. The van der Waals surface area contributed by atoms with E-state index in [2.05, 4.69) is 6.07 Å². The molecule has 3 aromatic carbocycles. The standard InChI is InChI=1S/C29H33N3O5S/c1-29(2,3)37-28(33)31-15-13-27(14-16-31)36-26-11-9-25(10-12-26)32(38(4,34)35)20-22-6-8-23-7-5-21(19-30)17-24(23)18-22/h5-12,17-18,27H,13-16,20H2,1-4H3. The van der Waals surface area contributed by atoms with Crippen molar-refractivity contribution >= 4 is 32.6 Å². The third-order valence-corrected chi connectivity index (χ3v) is 7.42. The Hall–Kier alpha value is -3.77. The number of carbonyl (C=O) groups is 1. The highest BCUT2D eigenvalue weighted by Crippen LogP contribution is 2.27. The summed E-state index contributed by atoms with van der Waals surface area (Å²) in [6.45, 7) is 6.82. The smallest absolute Gasteiger partial charge is 0.410 e. The highest BCUT2D eigenvalue weighted by molar-refractivity contribution is 7.92. The minimum absolute atomic E-state index is 0.0403. The van der Waals surface area contributed by atoms with Crippen molar-refractivity contribution in [3.63, 3.8) is 0 Å². The van der Waals surface area contributed by atoms with Crippen LogP contribution in [0.3, 0.4) is 0 Å². The van der Waals surface area contributed by atoms with Gasteiger partial charge >= 0.3 is 6.09 Å². The van der Waals surface area contributed by atoms with Gasteiger partial charge in [-0.1, -0.05) is 18.2 Å². The van der Waals surface area contributed by atoms with Crippen LogP contribution in [0.4, 0.5) is 10.5 Å². The lowest BCUT2D eigenvalue weighted by molar-refractivity contribution is 0.0126. The Morgan fingerprint density at radius 3 is 2.29 bits per heavy atom. The molecule has 0 spiro atoms. The Kier molecular flexibility index (Phi) is 7.83. The maximum absolute atomic E-state index is 12.7. The molecule has 1 aliphatic rings. The molecule has 1 heterocycles. The number of anilines is 1. The summed E-state index contributed by atoms with van der Waals surface area (Å²) in [7, 11) is -3.56. The van der Waals surface area contributed by atoms with Gasteiger partial charge in [-0.15, -0.1) is 0 Å². The number of hydrogen-bond acceptors (Lipinski definition) is 6. The van der Waals surface area contributed by atoms with Crippen molar-refractivity contribution in [3.05, 3.63) is 71.8 Å². The minimum atomic E-state index is -3.56. The zero-order chi connectivity index (χ0) is 27.5. The van der Waals surface area contributed by atoms with E-state index in [0.29, 0.717) is 42.9 Å². The van der Waals surface area contributed by atoms with Gasteiger partial charge in [0.1, 0.15) is 17.5 Å². The van der Waals surface area contributed by atoms with Crippen molar-refractivity contribution in [1.82, 2.24) is 4.90 Å². The van der Waals surface area contributed by atoms with E-state index in [1.807, 2.05) is 45.0 Å². The lowest BCUT2D eigenvalue weighted by Gasteiger charge is -2.33. The van der Waals surface area contributed by atoms with Crippen LogP contribution in [0.5, 0.6) is 5.75 Å². The first kappa shape index (κ1) is 27.3. The molecule has 0 aromatic heterocycles. The van der Waals surface area contributed by atoms with Crippen LogP contribution in [-0.4, -0.2) is 50.5 Å². The monoisotopic (exact) mass is 535 g/mol. The molecule has 8 nitrogen and oxygen atoms in total. The van der Waals surface area contributed by atoms with Gasteiger partial charge in [0.25, 0.3) is 0 Å². The summed E-state index contributed by atoms with van der Waals surface area (Å²) >= 11 is 0. The Morgan fingerprint density at radius 2 is 1.68 bits per heavy atom. The number of amides is 1. The predicted molar refractivity (Wildman–Crippen MR) is 148 cm³/mol. The SMILES string of the molecule is CC(C)(C)OC(=O)N1CCC(Oc2ccc(N(Cc3ccc4ccc(C#N)cc4c3)S(C)(=O)=O)cc2)CC1. The second-order valence-electron chi connectivity index (χ2n) is 10.6. The summed E-state index contributed by atoms with van der Waals surface area (Å²) in [5.74, 6) is 0.646. The number of fused-ring (bicyclic) bond motifs is 1. The molecule has 1 aliphatic heterocycles. The molecule has 38 heavy (non-hydrogen) atoms. The number of hydrogen-bond donors (Lipinski definition) is 0. The van der Waals surface area contributed by atoms with Gasteiger partial charge in [-0.05, 0) is 79.6 Å². The van der Waals surface area contributed by atoms with Crippen molar-refractivity contribution < 1.29 is 22.7 Å². The number of ether oxygens (including phenoxy) is 2. The van der Waals surface area contributed by atoms with Crippen LogP contribution in [-0.2, 0) is 21.3 Å². The van der Waals surface area contributed by atoms with Gasteiger partial charge in [-0.2, -0.15) is 5.26 Å². The molecule has 0 bridgehead atoms. The molecule has 0 saturated carbocycles. The third-order valence-electron chi connectivity index (χ3n) is 6.28. The summed E-state index contributed by atoms with van der Waals surface area (Å²) in [5, 5.41) is 11.1. The van der Waals surface area contributed by atoms with Crippen LogP contribution in [0.1, 0.15) is 44.7 Å². The predicted octanol–water partition coefficient (Wildman–Crippen LogP) is 5.46. The maximum atomic E-state index is 12.7. The first-order valence-corrected chi connectivity index (χ1v) is 14.4. The van der Waals surface area contributed by atoms with Gasteiger partial charge in [-0.25, -0.2) is 13.2 Å². The molecule has 1 saturated heterocycles. The highest BCUT2D eigenvalue weighted by Gasteiger charge is 2.28. The number of nitriles is 1. The largest absolute Gasteiger partial charge is 0.490 e. The number of nitrogens with zero attached hydrogens (tertiary/aromatic N) is 3. The molecule has 0 aliphatic carbocycles. The molecule has 0 N–H and O–H groups in total. The Labute approximate surface area is 224 Å². The average molecular weight is 536 g/mol. The zero-order valence-corrected chi connectivity index (χ0v) is 23.0. The summed E-state index contributed by atoms with van der Waals surface area (Å²) in [6, 6.07) is 20.3. The molecule has 0 unspecified atom stereocenters. The normalized spacial score (nSPS) is 14.7. The van der Waals surface area contributed by atoms with Crippen LogP contribution in [0.15, 0.2) is 60.7 Å². The van der Waals surface area contributed by atoms with E-state index < -0.39 is 15.6 Å². The molecule has 0 atom stereocenters. The number of likely N-dealkylation sites (tertiary alicyclic amines) is 1. The first-order chi connectivity index (χ1) is 17.9. The number of piperidine rings is 1. The van der Waals surface area contributed by atoms with Crippen LogP contribution in [0.25, 0.3) is 10.8 Å². The van der Waals surface area contributed by atoms with Crippen LogP contribution in [0, 0.1) is 11.3 Å². The second-order valence-corrected chi connectivity index (χ2v) is 12.5. The Morgan fingerprint density at radius 1 is 1.03 bits per heavy atom.